The first-order chi connectivity index (χ1) is 11.5. The highest BCUT2D eigenvalue weighted by atomic mass is 32.1. The Balaban J connectivity index is 1.35. The quantitative estimate of drug-likeness (QED) is 0.802. The van der Waals surface area contributed by atoms with Gasteiger partial charge in [0.1, 0.15) is 0 Å². The van der Waals surface area contributed by atoms with Crippen LogP contribution in [-0.4, -0.2) is 55.2 Å². The average Bonchev–Trinajstić information content (AvgIpc) is 3.11. The zero-order valence-electron chi connectivity index (χ0n) is 13.2. The number of aromatic nitrogens is 1. The molecule has 4 aliphatic rings. The van der Waals surface area contributed by atoms with E-state index in [1.54, 1.807) is 11.3 Å². The van der Waals surface area contributed by atoms with E-state index in [0.29, 0.717) is 19.9 Å². The van der Waals surface area contributed by atoms with Gasteiger partial charge in [-0.1, -0.05) is 17.4 Å². The van der Waals surface area contributed by atoms with Crippen molar-refractivity contribution in [3.8, 4) is 0 Å². The summed E-state index contributed by atoms with van der Waals surface area (Å²) in [4.78, 5) is 9.38. The molecule has 1 atom stereocenters. The fourth-order valence-electron chi connectivity index (χ4n) is 4.12. The monoisotopic (exact) mass is 342 g/mol. The summed E-state index contributed by atoms with van der Waals surface area (Å²) in [6.07, 6.45) is 2.65. The molecule has 0 radical (unpaired) electrons. The molecule has 2 aromatic rings. The summed E-state index contributed by atoms with van der Waals surface area (Å²) in [6, 6.07) is 7.06. The maximum Gasteiger partial charge on any atom is 0.292 e. The Morgan fingerprint density at radius 1 is 1.38 bits per heavy atom. The van der Waals surface area contributed by atoms with E-state index in [2.05, 4.69) is 35.4 Å². The molecule has 126 valence electrons. The molecule has 0 saturated carbocycles. The Kier molecular flexibility index (Phi) is 3.04. The molecule has 2 bridgehead atoms. The van der Waals surface area contributed by atoms with Crippen LogP contribution in [0.2, 0.25) is 0 Å². The van der Waals surface area contributed by atoms with Crippen LogP contribution in [0.3, 0.4) is 0 Å². The van der Waals surface area contributed by atoms with Crippen LogP contribution < -0.4 is 5.32 Å². The highest BCUT2D eigenvalue weighted by Crippen LogP contribution is 2.43. The molecular formula is C17H23BN4OS. The highest BCUT2D eigenvalue weighted by molar-refractivity contribution is 7.22. The van der Waals surface area contributed by atoms with Gasteiger partial charge in [0.05, 0.1) is 23.3 Å². The number of amidine groups is 1. The van der Waals surface area contributed by atoms with Crippen LogP contribution in [0, 0.1) is 12.8 Å². The van der Waals surface area contributed by atoms with Gasteiger partial charge in [-0.05, 0) is 37.5 Å². The van der Waals surface area contributed by atoms with E-state index in [-0.39, 0.29) is 5.60 Å². The molecule has 5 heterocycles. The lowest BCUT2D eigenvalue weighted by molar-refractivity contribution is -0.845. The van der Waals surface area contributed by atoms with Crippen molar-refractivity contribution in [1.82, 2.24) is 4.98 Å². The summed E-state index contributed by atoms with van der Waals surface area (Å²) < 4.78 is 9.04. The Bertz CT molecular complexity index is 842. The van der Waals surface area contributed by atoms with Crippen molar-refractivity contribution in [2.45, 2.75) is 25.4 Å². The fraction of sp³-hybridized carbons (Fsp3) is 0.529. The van der Waals surface area contributed by atoms with Gasteiger partial charge in [0.2, 0.25) is 0 Å². The third-order valence-electron chi connectivity index (χ3n) is 5.37. The molecule has 1 aromatic heterocycles. The zero-order valence-corrected chi connectivity index (χ0v) is 14.0. The molecule has 1 unspecified atom stereocenters. The summed E-state index contributed by atoms with van der Waals surface area (Å²) in [7, 11) is 0.299. The topological polar surface area (TPSA) is 46.5 Å². The van der Waals surface area contributed by atoms with Crippen molar-refractivity contribution in [2.75, 3.05) is 31.5 Å². The molecule has 0 aliphatic carbocycles. The van der Waals surface area contributed by atoms with E-state index in [0.717, 1.165) is 17.2 Å². The molecule has 5 nitrogen and oxygen atoms in total. The smallest absolute Gasteiger partial charge is 0.292 e. The van der Waals surface area contributed by atoms with Crippen LogP contribution in [-0.2, 0) is 4.74 Å². The second-order valence-corrected chi connectivity index (χ2v) is 7.98. The lowest BCUT2D eigenvalue weighted by Crippen LogP contribution is -2.69. The van der Waals surface area contributed by atoms with E-state index in [9.17, 15) is 0 Å². The fourth-order valence-corrected chi connectivity index (χ4v) is 5.08. The van der Waals surface area contributed by atoms with Crippen LogP contribution in [0.15, 0.2) is 23.2 Å². The number of fused-ring (bicyclic) bond motifs is 3. The van der Waals surface area contributed by atoms with Gasteiger partial charge < -0.3 is 9.13 Å². The Hall–Kier alpha value is -1.60. The van der Waals surface area contributed by atoms with Crippen molar-refractivity contribution >= 4 is 40.7 Å². The largest absolute Gasteiger partial charge is 0.519 e. The highest BCUT2D eigenvalue weighted by Gasteiger charge is 2.55. The third kappa shape index (κ3) is 2.25. The zero-order chi connectivity index (χ0) is 16.4. The van der Waals surface area contributed by atoms with Gasteiger partial charge in [0, 0.05) is 19.0 Å². The number of aliphatic imine (C=N–C) groups is 1. The summed E-state index contributed by atoms with van der Waals surface area (Å²) in [5.74, 6) is 0.691. The summed E-state index contributed by atoms with van der Waals surface area (Å²) in [5, 5.41) is 4.23. The molecule has 1 spiro atoms. The molecule has 1 N–H and O–H groups in total. The predicted octanol–water partition coefficient (Wildman–Crippen LogP) is 1.66. The number of thiazole rings is 1. The number of aryl methyl sites for hydroxylation is 1. The van der Waals surface area contributed by atoms with E-state index in [1.807, 2.05) is 0 Å². The molecule has 3 fully saturated rings. The molecule has 4 aliphatic heterocycles. The first-order valence-electron chi connectivity index (χ1n) is 8.30. The Morgan fingerprint density at radius 2 is 2.21 bits per heavy atom. The Morgan fingerprint density at radius 3 is 3.00 bits per heavy atom. The van der Waals surface area contributed by atoms with Crippen molar-refractivity contribution in [2.24, 2.45) is 10.9 Å². The molecule has 3 saturated heterocycles. The summed E-state index contributed by atoms with van der Waals surface area (Å²) in [5.41, 5.74) is 2.29. The number of quaternary nitrogens is 1. The van der Waals surface area contributed by atoms with E-state index >= 15 is 0 Å². The number of nitrogens with zero attached hydrogens (tertiary/aromatic N) is 3. The normalized spacial score (nSPS) is 34.6. The van der Waals surface area contributed by atoms with Crippen LogP contribution in [0.1, 0.15) is 18.4 Å². The predicted molar refractivity (Wildman–Crippen MR) is 102 cm³/mol. The number of nitrogens with one attached hydrogen (secondary N) is 1. The van der Waals surface area contributed by atoms with Crippen molar-refractivity contribution in [3.63, 3.8) is 0 Å². The number of piperidine rings is 3. The molecule has 6 rings (SSSR count). The van der Waals surface area contributed by atoms with Gasteiger partial charge in [0.25, 0.3) is 6.02 Å². The van der Waals surface area contributed by atoms with E-state index < -0.39 is 0 Å². The minimum Gasteiger partial charge on any atom is -0.519 e. The minimum atomic E-state index is -0.0200. The van der Waals surface area contributed by atoms with Crippen molar-refractivity contribution in [3.05, 3.63) is 23.8 Å². The number of benzene rings is 1. The molecular weight excluding hydrogens is 319 g/mol. The molecule has 24 heavy (non-hydrogen) atoms. The molecule has 7 heteroatoms. The summed E-state index contributed by atoms with van der Waals surface area (Å²) >= 11 is 1.67. The van der Waals surface area contributed by atoms with Crippen LogP contribution in [0.5, 0.6) is 0 Å². The maximum atomic E-state index is 6.44. The molecule has 1 aromatic carbocycles. The number of rotatable bonds is 1. The summed E-state index contributed by atoms with van der Waals surface area (Å²) in [6.45, 7) is 6.94. The minimum absolute atomic E-state index is 0.0200. The van der Waals surface area contributed by atoms with Gasteiger partial charge in [-0.25, -0.2) is 9.98 Å². The number of hydrogen-bond acceptors (Lipinski definition) is 5. The number of hydrogen-bond donors (Lipinski definition) is 1. The van der Waals surface area contributed by atoms with Crippen molar-refractivity contribution in [1.29, 1.82) is 0 Å². The number of ether oxygens (including phenoxy) is 1. The van der Waals surface area contributed by atoms with Gasteiger partial charge in [-0.3, -0.25) is 5.32 Å². The van der Waals surface area contributed by atoms with Crippen molar-refractivity contribution < 1.29 is 9.13 Å². The lowest BCUT2D eigenvalue weighted by atomic mass is 9.72. The molecule has 0 amide bonds. The van der Waals surface area contributed by atoms with Crippen LogP contribution in [0.4, 0.5) is 5.13 Å². The standard InChI is InChI=1S/C17H23BN4OS/c1-11-2-3-13-14(8-11)24-16(20-13)21-15-19-9-17(23-15)10-22(18)6-4-12(17)5-7-22/h2-3,8,12H,4-7,9-10H2,1,18H3,(H,19,20,21). The number of anilines is 1. The first kappa shape index (κ1) is 14.7. The lowest BCUT2D eigenvalue weighted by Gasteiger charge is -2.60. The maximum absolute atomic E-state index is 6.44. The van der Waals surface area contributed by atoms with Crippen LogP contribution in [0.25, 0.3) is 10.2 Å². The van der Waals surface area contributed by atoms with Gasteiger partial charge in [-0.2, -0.15) is 0 Å². The first-order valence-corrected chi connectivity index (χ1v) is 9.12. The SMILES string of the molecule is [BH3-][N+]12CCC(CC1)C1(CN=C(Nc3nc4ccc(C)cc4s3)O1)C2. The van der Waals surface area contributed by atoms with E-state index in [1.165, 1.54) is 47.1 Å². The average molecular weight is 342 g/mol. The second-order valence-electron chi connectivity index (χ2n) is 6.95. The second kappa shape index (κ2) is 4.96. The van der Waals surface area contributed by atoms with Crippen LogP contribution >= 0.6 is 11.3 Å². The Labute approximate surface area is 146 Å². The van der Waals surface area contributed by atoms with Gasteiger partial charge >= 0.3 is 0 Å². The van der Waals surface area contributed by atoms with Gasteiger partial charge in [-0.15, -0.1) is 0 Å². The third-order valence-corrected chi connectivity index (χ3v) is 6.30. The van der Waals surface area contributed by atoms with Gasteiger partial charge in [0.15, 0.2) is 18.7 Å². The van der Waals surface area contributed by atoms with E-state index in [4.69, 9.17) is 9.73 Å².